The fourth-order valence-electron chi connectivity index (χ4n) is 2.09. The SMILES string of the molecule is Cc1cc(CO)cc(S(=O)(=O)N2CCS(=O)CC2)c1Br. The molecule has 0 amide bonds. The van der Waals surface area contributed by atoms with Crippen molar-refractivity contribution in [3.63, 3.8) is 0 Å². The van der Waals surface area contributed by atoms with Gasteiger partial charge in [-0.2, -0.15) is 4.31 Å². The zero-order valence-electron chi connectivity index (χ0n) is 11.0. The number of rotatable bonds is 3. The fraction of sp³-hybridized carbons (Fsp3) is 0.500. The van der Waals surface area contributed by atoms with Crippen molar-refractivity contribution >= 4 is 36.8 Å². The van der Waals surface area contributed by atoms with E-state index in [1.807, 2.05) is 0 Å². The van der Waals surface area contributed by atoms with Crippen LogP contribution >= 0.6 is 15.9 Å². The highest BCUT2D eigenvalue weighted by Crippen LogP contribution is 2.30. The maximum Gasteiger partial charge on any atom is 0.244 e. The van der Waals surface area contributed by atoms with Gasteiger partial charge in [0.1, 0.15) is 0 Å². The van der Waals surface area contributed by atoms with Crippen LogP contribution in [0.2, 0.25) is 0 Å². The molecule has 8 heteroatoms. The lowest BCUT2D eigenvalue weighted by Crippen LogP contribution is -2.41. The molecule has 0 saturated carbocycles. The third-order valence-corrected chi connectivity index (χ3v) is 7.73. The zero-order chi connectivity index (χ0) is 14.9. The second-order valence-corrected chi connectivity index (χ2v) is 9.03. The Morgan fingerprint density at radius 1 is 1.35 bits per heavy atom. The Bertz CT molecular complexity index is 635. The number of nitrogens with zero attached hydrogens (tertiary/aromatic N) is 1. The normalized spacial score (nSPS) is 18.4. The van der Waals surface area contributed by atoms with E-state index in [2.05, 4.69) is 15.9 Å². The fourth-order valence-corrected chi connectivity index (χ4v) is 5.84. The molecular weight excluding hydrogens is 366 g/mol. The number of aliphatic hydroxyl groups excluding tert-OH is 1. The first-order valence-electron chi connectivity index (χ1n) is 6.11. The Balaban J connectivity index is 2.44. The Labute approximate surface area is 129 Å². The molecule has 1 aromatic carbocycles. The minimum Gasteiger partial charge on any atom is -0.392 e. The molecule has 0 radical (unpaired) electrons. The highest BCUT2D eigenvalue weighted by atomic mass is 79.9. The van der Waals surface area contributed by atoms with E-state index in [9.17, 15) is 17.7 Å². The van der Waals surface area contributed by atoms with Crippen molar-refractivity contribution in [3.05, 3.63) is 27.7 Å². The summed E-state index contributed by atoms with van der Waals surface area (Å²) in [5.74, 6) is 0.741. The molecule has 1 N–H and O–H groups in total. The molecule has 1 fully saturated rings. The quantitative estimate of drug-likeness (QED) is 0.847. The summed E-state index contributed by atoms with van der Waals surface area (Å²) >= 11 is 3.31. The van der Waals surface area contributed by atoms with Gasteiger partial charge in [-0.1, -0.05) is 6.07 Å². The van der Waals surface area contributed by atoms with Crippen LogP contribution in [-0.4, -0.2) is 46.6 Å². The lowest BCUT2D eigenvalue weighted by Gasteiger charge is -2.26. The largest absolute Gasteiger partial charge is 0.392 e. The molecule has 0 bridgehead atoms. The molecule has 0 spiro atoms. The second-order valence-electron chi connectivity index (χ2n) is 4.64. The van der Waals surface area contributed by atoms with Gasteiger partial charge in [-0.15, -0.1) is 0 Å². The topological polar surface area (TPSA) is 74.7 Å². The molecular formula is C12H16BrNO4S2. The number of halogens is 1. The van der Waals surface area contributed by atoms with Gasteiger partial charge in [0.25, 0.3) is 0 Å². The standard InChI is InChI=1S/C12H16BrNO4S2/c1-9-6-10(8-15)7-11(12(9)13)20(17,18)14-2-4-19(16)5-3-14/h6-7,15H,2-5,8H2,1H3. The van der Waals surface area contributed by atoms with E-state index in [4.69, 9.17) is 0 Å². The van der Waals surface area contributed by atoms with Crippen LogP contribution in [0.3, 0.4) is 0 Å². The van der Waals surface area contributed by atoms with Crippen LogP contribution in [0.4, 0.5) is 0 Å². The van der Waals surface area contributed by atoms with Gasteiger partial charge in [-0.05, 0) is 40.0 Å². The summed E-state index contributed by atoms with van der Waals surface area (Å²) in [7, 11) is -4.56. The van der Waals surface area contributed by atoms with Crippen LogP contribution in [0.15, 0.2) is 21.5 Å². The van der Waals surface area contributed by atoms with E-state index in [0.29, 0.717) is 21.5 Å². The number of benzene rings is 1. The summed E-state index contributed by atoms with van der Waals surface area (Å²) in [6.07, 6.45) is 0. The van der Waals surface area contributed by atoms with Crippen molar-refractivity contribution in [2.45, 2.75) is 18.4 Å². The van der Waals surface area contributed by atoms with Crippen molar-refractivity contribution in [1.82, 2.24) is 4.31 Å². The van der Waals surface area contributed by atoms with Crippen molar-refractivity contribution in [2.75, 3.05) is 24.6 Å². The molecule has 1 saturated heterocycles. The van der Waals surface area contributed by atoms with E-state index < -0.39 is 20.8 Å². The third-order valence-electron chi connectivity index (χ3n) is 3.22. The van der Waals surface area contributed by atoms with Gasteiger partial charge in [-0.25, -0.2) is 8.42 Å². The Hall–Kier alpha value is -0.280. The predicted octanol–water partition coefficient (Wildman–Crippen LogP) is 1.00. The molecule has 5 nitrogen and oxygen atoms in total. The van der Waals surface area contributed by atoms with E-state index >= 15 is 0 Å². The van der Waals surface area contributed by atoms with E-state index in [1.54, 1.807) is 13.0 Å². The molecule has 1 aromatic rings. The Morgan fingerprint density at radius 3 is 2.50 bits per heavy atom. The lowest BCUT2D eigenvalue weighted by atomic mass is 10.1. The molecule has 2 rings (SSSR count). The lowest BCUT2D eigenvalue weighted by molar-refractivity contribution is 0.281. The van der Waals surface area contributed by atoms with Crippen LogP contribution in [0, 0.1) is 6.92 Å². The molecule has 0 aromatic heterocycles. The van der Waals surface area contributed by atoms with Crippen LogP contribution in [-0.2, 0) is 27.4 Å². The first-order valence-corrected chi connectivity index (χ1v) is 9.83. The number of aliphatic hydroxyl groups is 1. The number of hydrogen-bond donors (Lipinski definition) is 1. The smallest absolute Gasteiger partial charge is 0.244 e. The molecule has 1 aliphatic rings. The predicted molar refractivity (Wildman–Crippen MR) is 81.4 cm³/mol. The molecule has 112 valence electrons. The Morgan fingerprint density at radius 2 is 1.95 bits per heavy atom. The van der Waals surface area contributed by atoms with Crippen LogP contribution in [0.25, 0.3) is 0 Å². The summed E-state index contributed by atoms with van der Waals surface area (Å²) in [5.41, 5.74) is 1.32. The van der Waals surface area contributed by atoms with Gasteiger partial charge in [0.2, 0.25) is 10.0 Å². The van der Waals surface area contributed by atoms with Gasteiger partial charge < -0.3 is 5.11 Å². The van der Waals surface area contributed by atoms with E-state index in [-0.39, 0.29) is 24.6 Å². The summed E-state index contributed by atoms with van der Waals surface area (Å²) < 4.78 is 38.5. The molecule has 20 heavy (non-hydrogen) atoms. The first kappa shape index (κ1) is 16.1. The molecule has 1 aliphatic heterocycles. The van der Waals surface area contributed by atoms with Crippen LogP contribution in [0.1, 0.15) is 11.1 Å². The van der Waals surface area contributed by atoms with Crippen molar-refractivity contribution in [2.24, 2.45) is 0 Å². The molecule has 0 unspecified atom stereocenters. The van der Waals surface area contributed by atoms with E-state index in [0.717, 1.165) is 5.56 Å². The van der Waals surface area contributed by atoms with Crippen molar-refractivity contribution < 1.29 is 17.7 Å². The summed E-state index contributed by atoms with van der Waals surface area (Å²) in [6, 6.07) is 3.23. The number of sulfonamides is 1. The monoisotopic (exact) mass is 381 g/mol. The average molecular weight is 382 g/mol. The molecule has 1 heterocycles. The minimum atomic E-state index is -3.63. The number of hydrogen-bond acceptors (Lipinski definition) is 4. The van der Waals surface area contributed by atoms with Crippen LogP contribution in [0.5, 0.6) is 0 Å². The van der Waals surface area contributed by atoms with Gasteiger partial charge in [-0.3, -0.25) is 4.21 Å². The van der Waals surface area contributed by atoms with Gasteiger partial charge >= 0.3 is 0 Å². The summed E-state index contributed by atoms with van der Waals surface area (Å²) in [4.78, 5) is 0.161. The minimum absolute atomic E-state index is 0.161. The third kappa shape index (κ3) is 3.14. The summed E-state index contributed by atoms with van der Waals surface area (Å²) in [5, 5.41) is 9.22. The zero-order valence-corrected chi connectivity index (χ0v) is 14.2. The van der Waals surface area contributed by atoms with E-state index in [1.165, 1.54) is 10.4 Å². The number of aryl methyl sites for hydroxylation is 1. The first-order chi connectivity index (χ1) is 9.36. The van der Waals surface area contributed by atoms with Gasteiger partial charge in [0, 0.05) is 39.9 Å². The maximum atomic E-state index is 12.7. The molecule has 0 atom stereocenters. The highest BCUT2D eigenvalue weighted by molar-refractivity contribution is 9.10. The highest BCUT2D eigenvalue weighted by Gasteiger charge is 2.30. The summed E-state index contributed by atoms with van der Waals surface area (Å²) in [6.45, 7) is 2.11. The van der Waals surface area contributed by atoms with Gasteiger partial charge in [0.15, 0.2) is 0 Å². The molecule has 0 aliphatic carbocycles. The van der Waals surface area contributed by atoms with Crippen molar-refractivity contribution in [1.29, 1.82) is 0 Å². The average Bonchev–Trinajstić information content (AvgIpc) is 2.42. The van der Waals surface area contributed by atoms with Gasteiger partial charge in [0.05, 0.1) is 11.5 Å². The van der Waals surface area contributed by atoms with Crippen LogP contribution < -0.4 is 0 Å². The van der Waals surface area contributed by atoms with Crippen molar-refractivity contribution in [3.8, 4) is 0 Å². The Kier molecular flexibility index (Phi) is 5.01. The second kappa shape index (κ2) is 6.23. The maximum absolute atomic E-state index is 12.7.